The predicted octanol–water partition coefficient (Wildman–Crippen LogP) is 4.81. The smallest absolute Gasteiger partial charge is 0.331 e. The van der Waals surface area contributed by atoms with E-state index in [0.29, 0.717) is 12.3 Å². The van der Waals surface area contributed by atoms with Crippen molar-refractivity contribution in [3.05, 3.63) is 17.5 Å². The Hall–Kier alpha value is -2.26. The molecule has 1 N–H and O–H groups in total. The van der Waals surface area contributed by atoms with Gasteiger partial charge in [-0.2, -0.15) is 4.98 Å². The molecule has 0 saturated carbocycles. The lowest BCUT2D eigenvalue weighted by molar-refractivity contribution is -0.152. The molecule has 154 valence electrons. The number of rotatable bonds is 7. The van der Waals surface area contributed by atoms with Crippen molar-refractivity contribution in [2.75, 3.05) is 11.4 Å². The predicted molar refractivity (Wildman–Crippen MR) is 107 cm³/mol. The van der Waals surface area contributed by atoms with Crippen LogP contribution in [0.3, 0.4) is 0 Å². The summed E-state index contributed by atoms with van der Waals surface area (Å²) in [7, 11) is 0. The number of nitrogens with zero attached hydrogens (tertiary/aromatic N) is 4. The molecular weight excluding hydrogens is 380 g/mol. The summed E-state index contributed by atoms with van der Waals surface area (Å²) in [6.45, 7) is 10.1. The highest BCUT2D eigenvalue weighted by Gasteiger charge is 2.32. The minimum absolute atomic E-state index is 0.0114. The molecule has 2 heterocycles. The van der Waals surface area contributed by atoms with Crippen molar-refractivity contribution in [3.63, 3.8) is 0 Å². The van der Waals surface area contributed by atoms with Crippen LogP contribution >= 0.6 is 11.3 Å². The van der Waals surface area contributed by atoms with Gasteiger partial charge < -0.3 is 4.52 Å². The lowest BCUT2D eigenvalue weighted by atomic mass is 9.96. The number of hydrogen-bond acceptors (Lipinski definition) is 7. The number of anilines is 1. The van der Waals surface area contributed by atoms with Gasteiger partial charge in [0.2, 0.25) is 0 Å². The van der Waals surface area contributed by atoms with Gasteiger partial charge in [0.05, 0.1) is 4.88 Å². The number of hydrogen-bond donors (Lipinski definition) is 1. The first kappa shape index (κ1) is 22.0. The summed E-state index contributed by atoms with van der Waals surface area (Å²) in [5.74, 6) is 0.0939. The molecule has 28 heavy (non-hydrogen) atoms. The van der Waals surface area contributed by atoms with Crippen LogP contribution in [0.1, 0.15) is 53.9 Å². The Morgan fingerprint density at radius 2 is 2.04 bits per heavy atom. The van der Waals surface area contributed by atoms with Gasteiger partial charge in [-0.1, -0.05) is 47.1 Å². The number of urea groups is 1. The lowest BCUT2D eigenvalue weighted by Gasteiger charge is -2.29. The maximum Gasteiger partial charge on any atom is 0.358 e. The molecule has 2 rings (SSSR count). The zero-order chi connectivity index (χ0) is 20.9. The molecule has 0 spiro atoms. The van der Waals surface area contributed by atoms with Gasteiger partial charge >= 0.3 is 6.03 Å². The SMILES string of the molecule is CC(C)CCCC(=O)N(O)C(=O)N(CC(C)(C)C)c1noc(-c2cccs2)n1. The highest BCUT2D eigenvalue weighted by atomic mass is 32.1. The summed E-state index contributed by atoms with van der Waals surface area (Å²) in [4.78, 5) is 31.3. The van der Waals surface area contributed by atoms with E-state index in [1.54, 1.807) is 0 Å². The summed E-state index contributed by atoms with van der Waals surface area (Å²) >= 11 is 1.43. The standard InChI is InChI=1S/C19H28N4O4S/c1-13(2)8-6-10-15(24)23(26)18(25)22(12-19(3,4)5)17-20-16(27-21-17)14-9-7-11-28-14/h7,9,11,13,26H,6,8,10,12H2,1-5H3. The molecule has 8 nitrogen and oxygen atoms in total. The number of imide groups is 1. The lowest BCUT2D eigenvalue weighted by Crippen LogP contribution is -2.48. The Kier molecular flexibility index (Phi) is 7.31. The third kappa shape index (κ3) is 6.13. The molecule has 0 aliphatic rings. The van der Waals surface area contributed by atoms with Gasteiger partial charge in [0, 0.05) is 13.0 Å². The number of aromatic nitrogens is 2. The third-order valence-electron chi connectivity index (χ3n) is 3.84. The third-order valence-corrected chi connectivity index (χ3v) is 4.70. The second-order valence-corrected chi connectivity index (χ2v) is 9.25. The quantitative estimate of drug-likeness (QED) is 0.521. The molecule has 0 bridgehead atoms. The van der Waals surface area contributed by atoms with Crippen LogP contribution < -0.4 is 4.90 Å². The zero-order valence-corrected chi connectivity index (χ0v) is 17.8. The number of thiophene rings is 1. The van der Waals surface area contributed by atoms with E-state index in [1.165, 1.54) is 16.2 Å². The molecule has 0 radical (unpaired) electrons. The molecule has 0 aliphatic carbocycles. The fourth-order valence-electron chi connectivity index (χ4n) is 2.51. The van der Waals surface area contributed by atoms with Crippen LogP contribution in [-0.2, 0) is 4.79 Å². The topological polar surface area (TPSA) is 99.8 Å². The van der Waals surface area contributed by atoms with E-state index in [2.05, 4.69) is 24.0 Å². The van der Waals surface area contributed by atoms with Crippen LogP contribution in [0.25, 0.3) is 10.8 Å². The summed E-state index contributed by atoms with van der Waals surface area (Å²) in [6, 6.07) is 2.80. The minimum atomic E-state index is -0.886. The van der Waals surface area contributed by atoms with E-state index in [-0.39, 0.29) is 35.3 Å². The van der Waals surface area contributed by atoms with Gasteiger partial charge in [-0.15, -0.1) is 16.4 Å². The van der Waals surface area contributed by atoms with Crippen LogP contribution in [0.4, 0.5) is 10.7 Å². The Balaban J connectivity index is 2.18. The molecule has 0 unspecified atom stereocenters. The average molecular weight is 409 g/mol. The molecule has 0 aliphatic heterocycles. The van der Waals surface area contributed by atoms with Crippen LogP contribution in [0.5, 0.6) is 0 Å². The molecule has 3 amide bonds. The van der Waals surface area contributed by atoms with Gasteiger partial charge in [0.1, 0.15) is 0 Å². The van der Waals surface area contributed by atoms with Crippen LogP contribution in [0.15, 0.2) is 22.0 Å². The van der Waals surface area contributed by atoms with E-state index in [0.717, 1.165) is 11.3 Å². The number of hydroxylamine groups is 2. The maximum atomic E-state index is 12.8. The van der Waals surface area contributed by atoms with Crippen LogP contribution in [0.2, 0.25) is 0 Å². The fourth-order valence-corrected chi connectivity index (χ4v) is 3.16. The minimum Gasteiger partial charge on any atom is -0.331 e. The van der Waals surface area contributed by atoms with E-state index >= 15 is 0 Å². The normalized spacial score (nSPS) is 11.7. The van der Waals surface area contributed by atoms with E-state index in [4.69, 9.17) is 4.52 Å². The van der Waals surface area contributed by atoms with Gasteiger partial charge in [0.15, 0.2) is 0 Å². The van der Waals surface area contributed by atoms with E-state index < -0.39 is 11.9 Å². The average Bonchev–Trinajstić information content (AvgIpc) is 3.28. The first-order valence-corrected chi connectivity index (χ1v) is 10.2. The second kappa shape index (κ2) is 9.29. The Morgan fingerprint density at radius 3 is 2.61 bits per heavy atom. The van der Waals surface area contributed by atoms with Crippen molar-refractivity contribution in [2.45, 2.75) is 53.9 Å². The van der Waals surface area contributed by atoms with Crippen molar-refractivity contribution < 1.29 is 19.3 Å². The number of amides is 3. The van der Waals surface area contributed by atoms with Crippen LogP contribution in [0, 0.1) is 11.3 Å². The van der Waals surface area contributed by atoms with E-state index in [9.17, 15) is 14.8 Å². The van der Waals surface area contributed by atoms with Gasteiger partial charge in [0.25, 0.3) is 17.7 Å². The van der Waals surface area contributed by atoms with Gasteiger partial charge in [-0.05, 0) is 34.4 Å². The number of carbonyl (C=O) groups is 2. The maximum absolute atomic E-state index is 12.8. The van der Waals surface area contributed by atoms with Crippen molar-refractivity contribution in [3.8, 4) is 10.8 Å². The highest BCUT2D eigenvalue weighted by Crippen LogP contribution is 2.27. The van der Waals surface area contributed by atoms with Crippen molar-refractivity contribution >= 4 is 29.2 Å². The molecule has 2 aromatic rings. The summed E-state index contributed by atoms with van der Waals surface area (Å²) in [6.07, 6.45) is 1.54. The van der Waals surface area contributed by atoms with E-state index in [1.807, 2.05) is 38.3 Å². The van der Waals surface area contributed by atoms with Crippen molar-refractivity contribution in [1.82, 2.24) is 15.2 Å². The summed E-state index contributed by atoms with van der Waals surface area (Å²) in [5, 5.41) is 16.1. The Bertz CT molecular complexity index is 780. The molecular formula is C19H28N4O4S. The molecule has 0 aromatic carbocycles. The zero-order valence-electron chi connectivity index (χ0n) is 17.0. The molecule has 2 aromatic heterocycles. The first-order chi connectivity index (χ1) is 13.1. The molecule has 0 atom stereocenters. The Morgan fingerprint density at radius 1 is 1.32 bits per heavy atom. The summed E-state index contributed by atoms with van der Waals surface area (Å²) in [5.41, 5.74) is -0.319. The van der Waals surface area contributed by atoms with Crippen molar-refractivity contribution in [1.29, 1.82) is 0 Å². The van der Waals surface area contributed by atoms with Crippen LogP contribution in [-0.4, -0.2) is 38.9 Å². The molecule has 0 saturated heterocycles. The summed E-state index contributed by atoms with van der Waals surface area (Å²) < 4.78 is 5.26. The monoisotopic (exact) mass is 408 g/mol. The fraction of sp³-hybridized carbons (Fsp3) is 0.579. The largest absolute Gasteiger partial charge is 0.358 e. The second-order valence-electron chi connectivity index (χ2n) is 8.30. The molecule has 9 heteroatoms. The van der Waals surface area contributed by atoms with Gasteiger partial charge in [-0.3, -0.25) is 14.9 Å². The highest BCUT2D eigenvalue weighted by molar-refractivity contribution is 7.13. The van der Waals surface area contributed by atoms with Crippen molar-refractivity contribution in [2.24, 2.45) is 11.3 Å². The molecule has 0 fully saturated rings. The number of carbonyl (C=O) groups excluding carboxylic acids is 2. The van der Waals surface area contributed by atoms with Gasteiger partial charge in [-0.25, -0.2) is 4.79 Å². The Labute approximate surface area is 169 Å². The first-order valence-electron chi connectivity index (χ1n) is 9.29.